The summed E-state index contributed by atoms with van der Waals surface area (Å²) in [6, 6.07) is 3.52. The van der Waals surface area contributed by atoms with E-state index in [0.717, 1.165) is 12.8 Å². The minimum Gasteiger partial charge on any atom is -0.439 e. The molecule has 1 aromatic carbocycles. The molecule has 1 atom stereocenters. The highest BCUT2D eigenvalue weighted by Gasteiger charge is 2.36. The first-order valence-electron chi connectivity index (χ1n) is 8.61. The van der Waals surface area contributed by atoms with Gasteiger partial charge in [0.25, 0.3) is 0 Å². The Bertz CT molecular complexity index is 785. The highest BCUT2D eigenvalue weighted by molar-refractivity contribution is 8.00. The van der Waals surface area contributed by atoms with Crippen molar-refractivity contribution in [1.29, 1.82) is 0 Å². The number of nitrogens with zero attached hydrogens (tertiary/aromatic N) is 2. The van der Waals surface area contributed by atoms with Gasteiger partial charge >= 0.3 is 6.18 Å². The van der Waals surface area contributed by atoms with Gasteiger partial charge in [0, 0.05) is 5.41 Å². The summed E-state index contributed by atoms with van der Waals surface area (Å²) < 4.78 is 44.7. The summed E-state index contributed by atoms with van der Waals surface area (Å²) in [5.41, 5.74) is 0.977. The Hall–Kier alpha value is -0.920. The van der Waals surface area contributed by atoms with Crippen LogP contribution in [-0.4, -0.2) is 34.5 Å². The number of thioether (sulfide) groups is 1. The molecule has 3 nitrogen and oxygen atoms in total. The molecule has 1 aliphatic rings. The van der Waals surface area contributed by atoms with E-state index in [9.17, 15) is 13.2 Å². The molecule has 1 saturated heterocycles. The number of likely N-dealkylation sites (tertiary alicyclic amines) is 1. The van der Waals surface area contributed by atoms with Gasteiger partial charge in [0.05, 0.1) is 21.8 Å². The molecule has 0 saturated carbocycles. The summed E-state index contributed by atoms with van der Waals surface area (Å²) in [6.07, 6.45) is -1.84. The third-order valence-corrected chi connectivity index (χ3v) is 6.17. The Morgan fingerprint density at radius 2 is 2.00 bits per heavy atom. The number of halogens is 4. The Morgan fingerprint density at radius 3 is 2.65 bits per heavy atom. The van der Waals surface area contributed by atoms with E-state index in [4.69, 9.17) is 16.0 Å². The molecule has 0 amide bonds. The molecule has 0 N–H and O–H groups in total. The second-order valence-electron chi connectivity index (χ2n) is 7.65. The van der Waals surface area contributed by atoms with Gasteiger partial charge in [-0.3, -0.25) is 4.90 Å². The van der Waals surface area contributed by atoms with Gasteiger partial charge in [0.2, 0.25) is 5.89 Å². The van der Waals surface area contributed by atoms with Gasteiger partial charge in [-0.1, -0.05) is 32.4 Å². The molecular weight excluding hydrogens is 385 g/mol. The van der Waals surface area contributed by atoms with E-state index in [1.807, 2.05) is 20.8 Å². The van der Waals surface area contributed by atoms with Crippen LogP contribution >= 0.6 is 23.4 Å². The fourth-order valence-electron chi connectivity index (χ4n) is 3.02. The van der Waals surface area contributed by atoms with Crippen LogP contribution in [0.2, 0.25) is 5.02 Å². The maximum absolute atomic E-state index is 12.9. The molecule has 1 aromatic heterocycles. The van der Waals surface area contributed by atoms with Crippen LogP contribution in [0.3, 0.4) is 0 Å². The smallest absolute Gasteiger partial charge is 0.401 e. The molecule has 3 rings (SSSR count). The Kier molecular flexibility index (Phi) is 5.53. The lowest BCUT2D eigenvalue weighted by Crippen LogP contribution is -2.43. The average Bonchev–Trinajstić information content (AvgIpc) is 2.95. The van der Waals surface area contributed by atoms with Gasteiger partial charge in [-0.15, -0.1) is 11.8 Å². The van der Waals surface area contributed by atoms with Crippen LogP contribution in [0.25, 0.3) is 11.1 Å². The van der Waals surface area contributed by atoms with E-state index in [1.165, 1.54) is 16.7 Å². The quantitative estimate of drug-likeness (QED) is 0.602. The van der Waals surface area contributed by atoms with E-state index in [0.29, 0.717) is 39.9 Å². The van der Waals surface area contributed by atoms with Gasteiger partial charge in [0.1, 0.15) is 5.52 Å². The summed E-state index contributed by atoms with van der Waals surface area (Å²) in [6.45, 7) is 5.53. The minimum atomic E-state index is -4.21. The molecule has 1 fully saturated rings. The number of aromatic nitrogens is 1. The molecule has 26 heavy (non-hydrogen) atoms. The fraction of sp³-hybridized carbons (Fsp3) is 0.611. The monoisotopic (exact) mass is 406 g/mol. The highest BCUT2D eigenvalue weighted by atomic mass is 35.5. The van der Waals surface area contributed by atoms with Crippen molar-refractivity contribution >= 4 is 34.5 Å². The van der Waals surface area contributed by atoms with Crippen LogP contribution in [0, 0.1) is 0 Å². The first kappa shape index (κ1) is 19.8. The molecule has 1 aliphatic heterocycles. The molecule has 0 radical (unpaired) electrons. The van der Waals surface area contributed by atoms with Crippen LogP contribution in [0.15, 0.2) is 21.4 Å². The second kappa shape index (κ2) is 7.24. The fourth-order valence-corrected chi connectivity index (χ4v) is 4.62. The van der Waals surface area contributed by atoms with Crippen LogP contribution < -0.4 is 0 Å². The van der Waals surface area contributed by atoms with E-state index < -0.39 is 12.7 Å². The highest BCUT2D eigenvalue weighted by Crippen LogP contribution is 2.42. The Labute approximate surface area is 160 Å². The molecule has 1 unspecified atom stereocenters. The number of piperidine rings is 1. The lowest BCUT2D eigenvalue weighted by atomic mass is 9.97. The van der Waals surface area contributed by atoms with Crippen molar-refractivity contribution in [3.63, 3.8) is 0 Å². The topological polar surface area (TPSA) is 29.3 Å². The molecular formula is C18H22ClF3N2OS. The molecule has 0 aliphatic carbocycles. The average molecular weight is 407 g/mol. The van der Waals surface area contributed by atoms with Gasteiger partial charge < -0.3 is 4.42 Å². The van der Waals surface area contributed by atoms with Crippen molar-refractivity contribution in [3.8, 4) is 0 Å². The predicted molar refractivity (Wildman–Crippen MR) is 98.8 cm³/mol. The normalized spacial score (nSPS) is 20.0. The summed E-state index contributed by atoms with van der Waals surface area (Å²) >= 11 is 7.73. The number of rotatable bonds is 3. The summed E-state index contributed by atoms with van der Waals surface area (Å²) in [5.74, 6) is 0.590. The van der Waals surface area contributed by atoms with Gasteiger partial charge in [-0.25, -0.2) is 4.98 Å². The number of oxazole rings is 1. The molecule has 0 bridgehead atoms. The van der Waals surface area contributed by atoms with E-state index in [2.05, 4.69) is 4.98 Å². The SMILES string of the molecule is CC(C)(C)c1nc2ccc(Cl)c(SC3CCCCN3CC(F)(F)F)c2o1. The zero-order valence-corrected chi connectivity index (χ0v) is 16.6. The van der Waals surface area contributed by atoms with E-state index in [1.54, 1.807) is 12.1 Å². The van der Waals surface area contributed by atoms with E-state index in [-0.39, 0.29) is 10.8 Å². The zero-order chi connectivity index (χ0) is 19.1. The maximum Gasteiger partial charge on any atom is 0.401 e. The first-order chi connectivity index (χ1) is 12.0. The molecule has 2 aromatic rings. The molecule has 2 heterocycles. The summed E-state index contributed by atoms with van der Waals surface area (Å²) in [5, 5.41) is 0.202. The van der Waals surface area contributed by atoms with Crippen LogP contribution in [0.1, 0.15) is 45.9 Å². The lowest BCUT2D eigenvalue weighted by molar-refractivity contribution is -0.149. The van der Waals surface area contributed by atoms with Crippen molar-refractivity contribution in [1.82, 2.24) is 9.88 Å². The van der Waals surface area contributed by atoms with Crippen LogP contribution in [0.5, 0.6) is 0 Å². The first-order valence-corrected chi connectivity index (χ1v) is 9.87. The van der Waals surface area contributed by atoms with E-state index >= 15 is 0 Å². The van der Waals surface area contributed by atoms with Crippen LogP contribution in [-0.2, 0) is 5.41 Å². The maximum atomic E-state index is 12.9. The number of fused-ring (bicyclic) bond motifs is 1. The Morgan fingerprint density at radius 1 is 1.27 bits per heavy atom. The molecule has 8 heteroatoms. The van der Waals surface area contributed by atoms with Crippen molar-refractivity contribution in [2.75, 3.05) is 13.1 Å². The molecule has 0 spiro atoms. The summed E-state index contributed by atoms with van der Waals surface area (Å²) in [7, 11) is 0. The number of alkyl halides is 3. The van der Waals surface area contributed by atoms with Crippen molar-refractivity contribution in [3.05, 3.63) is 23.0 Å². The van der Waals surface area contributed by atoms with Gasteiger partial charge in [0.15, 0.2) is 5.58 Å². The minimum absolute atomic E-state index is 0.263. The zero-order valence-electron chi connectivity index (χ0n) is 15.0. The number of benzene rings is 1. The largest absolute Gasteiger partial charge is 0.439 e. The van der Waals surface area contributed by atoms with Crippen molar-refractivity contribution in [2.45, 2.75) is 61.9 Å². The molecule has 144 valence electrons. The van der Waals surface area contributed by atoms with Crippen molar-refractivity contribution in [2.24, 2.45) is 0 Å². The lowest BCUT2D eigenvalue weighted by Gasteiger charge is -2.35. The van der Waals surface area contributed by atoms with Gasteiger partial charge in [-0.05, 0) is 37.9 Å². The summed E-state index contributed by atoms with van der Waals surface area (Å²) in [4.78, 5) is 6.69. The third-order valence-electron chi connectivity index (χ3n) is 4.30. The predicted octanol–water partition coefficient (Wildman–Crippen LogP) is 6.25. The van der Waals surface area contributed by atoms with Crippen LogP contribution in [0.4, 0.5) is 13.2 Å². The van der Waals surface area contributed by atoms with Crippen molar-refractivity contribution < 1.29 is 17.6 Å². The Balaban J connectivity index is 1.93. The second-order valence-corrected chi connectivity index (χ2v) is 9.24. The standard InChI is InChI=1S/C18H22ClF3N2OS/c1-17(2,3)16-23-12-8-7-11(19)15(14(12)25-16)26-13-6-4-5-9-24(13)10-18(20,21)22/h7-8,13H,4-6,9-10H2,1-3H3. The number of hydrogen-bond donors (Lipinski definition) is 0. The van der Waals surface area contributed by atoms with Gasteiger partial charge in [-0.2, -0.15) is 13.2 Å². The third kappa shape index (κ3) is 4.49. The number of hydrogen-bond acceptors (Lipinski definition) is 4.